The Bertz CT molecular complexity index is 745. The van der Waals surface area contributed by atoms with E-state index in [-0.39, 0.29) is 12.6 Å². The van der Waals surface area contributed by atoms with Crippen LogP contribution in [0.15, 0.2) is 48.5 Å². The van der Waals surface area contributed by atoms with Crippen molar-refractivity contribution in [2.75, 3.05) is 37.0 Å². The van der Waals surface area contributed by atoms with Crippen molar-refractivity contribution < 1.29 is 14.6 Å². The van der Waals surface area contributed by atoms with Gasteiger partial charge < -0.3 is 25.4 Å². The molecule has 1 heterocycles. The molecule has 6 nitrogen and oxygen atoms in total. The molecular weight excluding hydrogens is 330 g/mol. The highest BCUT2D eigenvalue weighted by molar-refractivity contribution is 5.93. The number of nitrogens with one attached hydrogen (secondary N) is 2. The van der Waals surface area contributed by atoms with Gasteiger partial charge >= 0.3 is 6.03 Å². The first-order chi connectivity index (χ1) is 12.7. The molecule has 1 aliphatic heterocycles. The summed E-state index contributed by atoms with van der Waals surface area (Å²) >= 11 is 0. The predicted molar refractivity (Wildman–Crippen MR) is 103 cm³/mol. The molecule has 2 aromatic rings. The van der Waals surface area contributed by atoms with Crippen molar-refractivity contribution in [1.82, 2.24) is 5.32 Å². The number of amides is 2. The van der Waals surface area contributed by atoms with Crippen LogP contribution in [-0.4, -0.2) is 37.9 Å². The number of rotatable bonds is 6. The monoisotopic (exact) mass is 355 g/mol. The topological polar surface area (TPSA) is 73.8 Å². The number of methoxy groups -OCH3 is 1. The van der Waals surface area contributed by atoms with E-state index >= 15 is 0 Å². The number of urea groups is 1. The fourth-order valence-electron chi connectivity index (χ4n) is 3.22. The molecule has 3 rings (SSSR count). The minimum absolute atomic E-state index is 0.0953. The molecule has 6 heteroatoms. The van der Waals surface area contributed by atoms with Crippen LogP contribution in [0.2, 0.25) is 0 Å². The average Bonchev–Trinajstić information content (AvgIpc) is 3.21. The lowest BCUT2D eigenvalue weighted by Gasteiger charge is -2.22. The first-order valence-electron chi connectivity index (χ1n) is 8.89. The Morgan fingerprint density at radius 1 is 1.15 bits per heavy atom. The van der Waals surface area contributed by atoms with E-state index in [1.54, 1.807) is 19.2 Å². The van der Waals surface area contributed by atoms with Crippen molar-refractivity contribution in [2.24, 2.45) is 0 Å². The largest absolute Gasteiger partial charge is 0.496 e. The zero-order chi connectivity index (χ0) is 18.4. The summed E-state index contributed by atoms with van der Waals surface area (Å²) in [4.78, 5) is 14.6. The van der Waals surface area contributed by atoms with Crippen molar-refractivity contribution in [3.63, 3.8) is 0 Å². The second-order valence-electron chi connectivity index (χ2n) is 6.30. The summed E-state index contributed by atoms with van der Waals surface area (Å²) in [6.45, 7) is 2.11. The smallest absolute Gasteiger partial charge is 0.319 e. The van der Waals surface area contributed by atoms with Crippen molar-refractivity contribution in [2.45, 2.75) is 18.9 Å². The third kappa shape index (κ3) is 4.26. The summed E-state index contributed by atoms with van der Waals surface area (Å²) in [5.41, 5.74) is 2.46. The minimum atomic E-state index is -0.842. The summed E-state index contributed by atoms with van der Waals surface area (Å²) in [5.74, 6) is 0.599. The van der Waals surface area contributed by atoms with Gasteiger partial charge in [0.2, 0.25) is 0 Å². The summed E-state index contributed by atoms with van der Waals surface area (Å²) in [6.07, 6.45) is 1.50. The van der Waals surface area contributed by atoms with Gasteiger partial charge in [-0.25, -0.2) is 4.79 Å². The molecule has 26 heavy (non-hydrogen) atoms. The molecule has 1 aliphatic rings. The average molecular weight is 355 g/mol. The molecule has 0 bridgehead atoms. The van der Waals surface area contributed by atoms with E-state index in [9.17, 15) is 9.90 Å². The lowest BCUT2D eigenvalue weighted by Crippen LogP contribution is -2.33. The quantitative estimate of drug-likeness (QED) is 0.744. The van der Waals surface area contributed by atoms with Crippen LogP contribution in [0.4, 0.5) is 16.2 Å². The van der Waals surface area contributed by atoms with Gasteiger partial charge in [0.05, 0.1) is 24.6 Å². The summed E-state index contributed by atoms with van der Waals surface area (Å²) < 4.78 is 5.25. The lowest BCUT2D eigenvalue weighted by molar-refractivity contribution is 0.171. The number of benzene rings is 2. The second-order valence-corrected chi connectivity index (χ2v) is 6.30. The maximum Gasteiger partial charge on any atom is 0.319 e. The zero-order valence-electron chi connectivity index (χ0n) is 14.9. The summed E-state index contributed by atoms with van der Waals surface area (Å²) in [6, 6.07) is 14.7. The molecule has 1 unspecified atom stereocenters. The number of aliphatic hydroxyl groups excluding tert-OH is 1. The Kier molecular flexibility index (Phi) is 5.96. The molecule has 0 radical (unpaired) electrons. The molecule has 3 N–H and O–H groups in total. The minimum Gasteiger partial charge on any atom is -0.496 e. The number of nitrogens with zero attached hydrogens (tertiary/aromatic N) is 1. The fourth-order valence-corrected chi connectivity index (χ4v) is 3.22. The zero-order valence-corrected chi connectivity index (χ0v) is 14.9. The Morgan fingerprint density at radius 2 is 1.85 bits per heavy atom. The van der Waals surface area contributed by atoms with Crippen LogP contribution < -0.4 is 20.3 Å². The molecule has 1 saturated heterocycles. The Morgan fingerprint density at radius 3 is 2.62 bits per heavy atom. The van der Waals surface area contributed by atoms with Crippen LogP contribution in [0.3, 0.4) is 0 Å². The van der Waals surface area contributed by atoms with Crippen LogP contribution >= 0.6 is 0 Å². The number of hydrogen-bond donors (Lipinski definition) is 3. The van der Waals surface area contributed by atoms with Crippen LogP contribution in [0.25, 0.3) is 0 Å². The van der Waals surface area contributed by atoms with Crippen LogP contribution in [0, 0.1) is 0 Å². The Hall–Kier alpha value is -2.73. The molecular formula is C20H25N3O3. The van der Waals surface area contributed by atoms with Gasteiger partial charge in [0.15, 0.2) is 0 Å². The standard InChI is InChI=1S/C20H25N3O3/c1-26-19-11-5-2-8-15(19)18(24)14-21-20(25)22-16-9-3-4-10-17(16)23-12-6-7-13-23/h2-5,8-11,18,24H,6-7,12-14H2,1H3,(H2,21,22,25). The van der Waals surface area contributed by atoms with Crippen LogP contribution in [-0.2, 0) is 0 Å². The van der Waals surface area contributed by atoms with E-state index in [2.05, 4.69) is 15.5 Å². The number of carbonyl (C=O) groups excluding carboxylic acids is 1. The van der Waals surface area contributed by atoms with Gasteiger partial charge in [-0.2, -0.15) is 0 Å². The maximum absolute atomic E-state index is 12.3. The molecule has 138 valence electrons. The maximum atomic E-state index is 12.3. The Balaban J connectivity index is 1.59. The SMILES string of the molecule is COc1ccccc1C(O)CNC(=O)Nc1ccccc1N1CCCC1. The van der Waals surface area contributed by atoms with Gasteiger partial charge in [-0.15, -0.1) is 0 Å². The lowest BCUT2D eigenvalue weighted by atomic mass is 10.1. The summed E-state index contributed by atoms with van der Waals surface area (Å²) in [5, 5.41) is 16.0. The van der Waals surface area contributed by atoms with Gasteiger partial charge in [-0.1, -0.05) is 30.3 Å². The third-order valence-corrected chi connectivity index (χ3v) is 4.55. The highest BCUT2D eigenvalue weighted by Gasteiger charge is 2.17. The summed E-state index contributed by atoms with van der Waals surface area (Å²) in [7, 11) is 1.56. The van der Waals surface area contributed by atoms with Crippen molar-refractivity contribution in [1.29, 1.82) is 0 Å². The van der Waals surface area contributed by atoms with Crippen LogP contribution in [0.5, 0.6) is 5.75 Å². The molecule has 0 spiro atoms. The highest BCUT2D eigenvalue weighted by atomic mass is 16.5. The molecule has 1 atom stereocenters. The number of para-hydroxylation sites is 3. The molecule has 0 aromatic heterocycles. The first-order valence-corrected chi connectivity index (χ1v) is 8.89. The van der Waals surface area contributed by atoms with E-state index in [1.807, 2.05) is 36.4 Å². The highest BCUT2D eigenvalue weighted by Crippen LogP contribution is 2.28. The Labute approximate surface area is 153 Å². The molecule has 1 fully saturated rings. The molecule has 2 aromatic carbocycles. The van der Waals surface area contributed by atoms with E-state index in [1.165, 1.54) is 12.8 Å². The first kappa shape index (κ1) is 18.1. The second kappa shape index (κ2) is 8.58. The van der Waals surface area contributed by atoms with E-state index in [0.717, 1.165) is 24.5 Å². The van der Waals surface area contributed by atoms with Gasteiger partial charge in [0, 0.05) is 25.2 Å². The number of carbonyl (C=O) groups is 1. The predicted octanol–water partition coefficient (Wildman–Crippen LogP) is 3.15. The van der Waals surface area contributed by atoms with Gasteiger partial charge in [0.25, 0.3) is 0 Å². The van der Waals surface area contributed by atoms with E-state index in [4.69, 9.17) is 4.74 Å². The number of aliphatic hydroxyl groups is 1. The van der Waals surface area contributed by atoms with Gasteiger partial charge in [0.1, 0.15) is 5.75 Å². The van der Waals surface area contributed by atoms with Gasteiger partial charge in [-0.3, -0.25) is 0 Å². The van der Waals surface area contributed by atoms with Crippen molar-refractivity contribution in [3.8, 4) is 5.75 Å². The fraction of sp³-hybridized carbons (Fsp3) is 0.350. The van der Waals surface area contributed by atoms with Crippen molar-refractivity contribution >= 4 is 17.4 Å². The van der Waals surface area contributed by atoms with E-state index < -0.39 is 6.10 Å². The molecule has 2 amide bonds. The molecule has 0 saturated carbocycles. The normalized spacial score (nSPS) is 14.8. The number of anilines is 2. The van der Waals surface area contributed by atoms with Crippen LogP contribution in [0.1, 0.15) is 24.5 Å². The van der Waals surface area contributed by atoms with Crippen molar-refractivity contribution in [3.05, 3.63) is 54.1 Å². The van der Waals surface area contributed by atoms with E-state index in [0.29, 0.717) is 11.3 Å². The van der Waals surface area contributed by atoms with Gasteiger partial charge in [-0.05, 0) is 31.0 Å². The number of ether oxygens (including phenoxy) is 1. The third-order valence-electron chi connectivity index (χ3n) is 4.55. The number of hydrogen-bond acceptors (Lipinski definition) is 4. The molecule has 0 aliphatic carbocycles.